The minimum Gasteiger partial charge on any atom is -0.740 e. The number of hydrogen-bond donors (Lipinski definition) is 1. The van der Waals surface area contributed by atoms with Gasteiger partial charge < -0.3 is 19.4 Å². The van der Waals surface area contributed by atoms with Crippen LogP contribution in [0.5, 0.6) is 0 Å². The number of rotatable bonds is 4. The lowest BCUT2D eigenvalue weighted by atomic mass is 10.3. The predicted molar refractivity (Wildman–Crippen MR) is 71.9 cm³/mol. The molecule has 1 unspecified atom stereocenters. The first-order valence-electron chi connectivity index (χ1n) is 5.41. The first kappa shape index (κ1) is 14.1. The molecule has 1 atom stereocenters. The van der Waals surface area contributed by atoms with Gasteiger partial charge in [0.15, 0.2) is 5.09 Å². The normalized spacial score (nSPS) is 16.9. The number of allylic oxidation sites excluding steroid dienone is 1. The van der Waals surface area contributed by atoms with Crippen molar-refractivity contribution in [2.75, 3.05) is 11.6 Å². The average Bonchev–Trinajstić information content (AvgIpc) is 2.64. The molecule has 1 aliphatic heterocycles. The Balaban J connectivity index is 2.12. The molecular weight excluding hydrogens is 288 g/mol. The number of nitrogens with zero attached hydrogens (tertiary/aromatic N) is 3. The molecule has 2 heterocycles. The Morgan fingerprint density at radius 1 is 1.63 bits per heavy atom. The van der Waals surface area contributed by atoms with Crippen molar-refractivity contribution in [2.24, 2.45) is 0 Å². The molecule has 7 nitrogen and oxygen atoms in total. The number of thioether (sulfide) groups is 1. The van der Waals surface area contributed by atoms with Crippen LogP contribution >= 0.6 is 11.8 Å². The van der Waals surface area contributed by atoms with E-state index in [-0.39, 0.29) is 0 Å². The molecule has 1 aromatic rings. The number of nitrogens with two attached hydrogens (primary N) is 1. The third-order valence-corrected chi connectivity index (χ3v) is 4.13. The molecule has 0 fully saturated rings. The maximum absolute atomic E-state index is 10.5. The SMILES string of the molecule is CC1=C(OS(=O)[O-])SCN1Cc1cnc(C)nc1N. The van der Waals surface area contributed by atoms with E-state index in [4.69, 9.17) is 9.92 Å². The lowest BCUT2D eigenvalue weighted by Crippen LogP contribution is -2.18. The van der Waals surface area contributed by atoms with Crippen LogP contribution in [0.3, 0.4) is 0 Å². The maximum Gasteiger partial charge on any atom is 0.193 e. The maximum atomic E-state index is 10.5. The first-order valence-corrected chi connectivity index (χ1v) is 7.40. The lowest BCUT2D eigenvalue weighted by molar-refractivity contribution is 0.364. The summed E-state index contributed by atoms with van der Waals surface area (Å²) in [6.07, 6.45) is 1.68. The Morgan fingerprint density at radius 3 is 3.00 bits per heavy atom. The van der Waals surface area contributed by atoms with Gasteiger partial charge >= 0.3 is 0 Å². The van der Waals surface area contributed by atoms with Gasteiger partial charge in [0.1, 0.15) is 23.0 Å². The number of aryl methyl sites for hydroxylation is 1. The average molecular weight is 301 g/mol. The molecule has 1 aromatic heterocycles. The van der Waals surface area contributed by atoms with E-state index in [1.54, 1.807) is 20.0 Å². The second-order valence-corrected chi connectivity index (χ2v) is 5.45. The molecule has 0 bridgehead atoms. The van der Waals surface area contributed by atoms with Crippen molar-refractivity contribution in [1.82, 2.24) is 14.9 Å². The molecule has 9 heteroatoms. The van der Waals surface area contributed by atoms with E-state index in [1.165, 1.54) is 11.8 Å². The molecule has 0 saturated heterocycles. The Hall–Kier alpha value is -1.32. The number of aromatic nitrogens is 2. The van der Waals surface area contributed by atoms with Gasteiger partial charge in [-0.3, -0.25) is 0 Å². The van der Waals surface area contributed by atoms with E-state index >= 15 is 0 Å². The van der Waals surface area contributed by atoms with Gasteiger partial charge in [-0.2, -0.15) is 0 Å². The number of nitrogen functional groups attached to an aromatic ring is 1. The molecule has 0 aromatic carbocycles. The third kappa shape index (κ3) is 3.37. The molecule has 0 aliphatic carbocycles. The fourth-order valence-corrected chi connectivity index (χ4v) is 3.12. The van der Waals surface area contributed by atoms with Crippen molar-refractivity contribution in [3.63, 3.8) is 0 Å². The molecule has 0 radical (unpaired) electrons. The molecular formula is C10H13N4O3S2-. The second kappa shape index (κ2) is 5.76. The third-order valence-electron chi connectivity index (χ3n) is 2.64. The summed E-state index contributed by atoms with van der Waals surface area (Å²) in [7, 11) is 0. The summed E-state index contributed by atoms with van der Waals surface area (Å²) >= 11 is -1.23. The highest BCUT2D eigenvalue weighted by molar-refractivity contribution is 8.03. The monoisotopic (exact) mass is 301 g/mol. The van der Waals surface area contributed by atoms with Gasteiger partial charge in [0.2, 0.25) is 0 Å². The van der Waals surface area contributed by atoms with Gasteiger partial charge in [-0.25, -0.2) is 14.2 Å². The summed E-state index contributed by atoms with van der Waals surface area (Å²) < 4.78 is 25.8. The second-order valence-electron chi connectivity index (χ2n) is 3.96. The zero-order chi connectivity index (χ0) is 14.0. The summed E-state index contributed by atoms with van der Waals surface area (Å²) in [5.74, 6) is 1.66. The van der Waals surface area contributed by atoms with Gasteiger partial charge in [0, 0.05) is 18.3 Å². The Bertz CT molecular complexity index is 550. The van der Waals surface area contributed by atoms with Gasteiger partial charge in [0.25, 0.3) is 0 Å². The van der Waals surface area contributed by atoms with Crippen molar-refractivity contribution >= 4 is 28.9 Å². The molecule has 1 aliphatic rings. The molecule has 2 rings (SSSR count). The fourth-order valence-electron chi connectivity index (χ4n) is 1.62. The van der Waals surface area contributed by atoms with E-state index in [1.807, 2.05) is 4.90 Å². The molecule has 104 valence electrons. The smallest absolute Gasteiger partial charge is 0.193 e. The van der Waals surface area contributed by atoms with E-state index in [0.29, 0.717) is 29.2 Å². The highest BCUT2D eigenvalue weighted by atomic mass is 32.2. The van der Waals surface area contributed by atoms with E-state index in [9.17, 15) is 8.76 Å². The Morgan fingerprint density at radius 2 is 2.37 bits per heavy atom. The van der Waals surface area contributed by atoms with Gasteiger partial charge in [-0.15, -0.1) is 0 Å². The van der Waals surface area contributed by atoms with Crippen molar-refractivity contribution < 1.29 is 12.9 Å². The molecule has 19 heavy (non-hydrogen) atoms. The highest BCUT2D eigenvalue weighted by Crippen LogP contribution is 2.34. The highest BCUT2D eigenvalue weighted by Gasteiger charge is 2.22. The zero-order valence-corrected chi connectivity index (χ0v) is 12.1. The van der Waals surface area contributed by atoms with E-state index in [2.05, 4.69) is 9.97 Å². The number of hydrogen-bond acceptors (Lipinski definition) is 8. The van der Waals surface area contributed by atoms with Crippen molar-refractivity contribution in [1.29, 1.82) is 0 Å². The standard InChI is InChI=1S/C10H14N4O3S2/c1-6-10(17-19(15)16)18-5-14(6)4-8-3-12-7(2)13-9(8)11/h3H,4-5H2,1-2H3,(H,15,16)(H2,11,12,13)/p-1. The number of anilines is 1. The van der Waals surface area contributed by atoms with Crippen LogP contribution in [0.2, 0.25) is 0 Å². The Kier molecular flexibility index (Phi) is 4.27. The quantitative estimate of drug-likeness (QED) is 0.817. The minimum atomic E-state index is -2.55. The topological polar surface area (TPSA) is 104 Å². The molecule has 0 spiro atoms. The summed E-state index contributed by atoms with van der Waals surface area (Å²) in [5, 5.41) is 0.389. The van der Waals surface area contributed by atoms with E-state index in [0.717, 1.165) is 11.3 Å². The molecule has 2 N–H and O–H groups in total. The van der Waals surface area contributed by atoms with Crippen LogP contribution in [0.15, 0.2) is 17.0 Å². The van der Waals surface area contributed by atoms with Crippen LogP contribution in [0.1, 0.15) is 18.3 Å². The van der Waals surface area contributed by atoms with Crippen LogP contribution in [0.4, 0.5) is 5.82 Å². The summed E-state index contributed by atoms with van der Waals surface area (Å²) in [5.41, 5.74) is 7.39. The summed E-state index contributed by atoms with van der Waals surface area (Å²) in [4.78, 5) is 10.2. The summed E-state index contributed by atoms with van der Waals surface area (Å²) in [6.45, 7) is 4.09. The van der Waals surface area contributed by atoms with Gasteiger partial charge in [0.05, 0.1) is 11.6 Å². The van der Waals surface area contributed by atoms with Crippen LogP contribution in [-0.2, 0) is 22.1 Å². The summed E-state index contributed by atoms with van der Waals surface area (Å²) in [6, 6.07) is 0. The van der Waals surface area contributed by atoms with Gasteiger partial charge in [-0.1, -0.05) is 11.8 Å². The lowest BCUT2D eigenvalue weighted by Gasteiger charge is -2.19. The van der Waals surface area contributed by atoms with Crippen LogP contribution in [0.25, 0.3) is 0 Å². The van der Waals surface area contributed by atoms with Gasteiger partial charge in [-0.05, 0) is 13.8 Å². The predicted octanol–water partition coefficient (Wildman–Crippen LogP) is 0.873. The van der Waals surface area contributed by atoms with Crippen LogP contribution in [0, 0.1) is 6.92 Å². The largest absolute Gasteiger partial charge is 0.740 e. The van der Waals surface area contributed by atoms with Crippen LogP contribution in [-0.4, -0.2) is 29.5 Å². The zero-order valence-electron chi connectivity index (χ0n) is 10.5. The van der Waals surface area contributed by atoms with E-state index < -0.39 is 11.4 Å². The minimum absolute atomic E-state index is 0.389. The van der Waals surface area contributed by atoms with Crippen LogP contribution < -0.4 is 5.73 Å². The Labute approximate surface area is 117 Å². The molecule has 0 saturated carbocycles. The van der Waals surface area contributed by atoms with Crippen molar-refractivity contribution in [2.45, 2.75) is 20.4 Å². The fraction of sp³-hybridized carbons (Fsp3) is 0.400. The van der Waals surface area contributed by atoms with Crippen molar-refractivity contribution in [3.8, 4) is 0 Å². The first-order chi connectivity index (χ1) is 8.97. The van der Waals surface area contributed by atoms with Crippen molar-refractivity contribution in [3.05, 3.63) is 28.4 Å². The molecule has 0 amide bonds.